The van der Waals surface area contributed by atoms with Gasteiger partial charge in [0, 0.05) is 20.2 Å². The first kappa shape index (κ1) is 15.2. The molecule has 7 heteroatoms. The highest BCUT2D eigenvalue weighted by molar-refractivity contribution is 7.89. The lowest BCUT2D eigenvalue weighted by Crippen LogP contribution is -2.30. The monoisotopic (exact) mass is 302 g/mol. The number of hydrogen-bond donors (Lipinski definition) is 1. The van der Waals surface area contributed by atoms with Crippen LogP contribution in [0.1, 0.15) is 12.8 Å². The molecular weight excluding hydrogens is 283 g/mol. The van der Waals surface area contributed by atoms with E-state index in [4.69, 9.17) is 10.5 Å². The van der Waals surface area contributed by atoms with Crippen molar-refractivity contribution in [3.8, 4) is 0 Å². The number of ether oxygens (including phenoxy) is 1. The van der Waals surface area contributed by atoms with E-state index in [0.29, 0.717) is 19.1 Å². The minimum Gasteiger partial charge on any atom is -0.396 e. The maximum atomic E-state index is 13.3. The molecule has 2 N–H and O–H groups in total. The maximum Gasteiger partial charge on any atom is 0.243 e. The molecule has 1 saturated carbocycles. The lowest BCUT2D eigenvalue weighted by molar-refractivity contribution is 0.117. The zero-order valence-electron chi connectivity index (χ0n) is 11.4. The molecule has 0 saturated heterocycles. The van der Waals surface area contributed by atoms with Crippen LogP contribution in [-0.4, -0.2) is 39.5 Å². The quantitative estimate of drug-likeness (QED) is 0.611. The first-order valence-corrected chi connectivity index (χ1v) is 7.94. The van der Waals surface area contributed by atoms with Gasteiger partial charge >= 0.3 is 0 Å². The number of benzene rings is 1. The molecule has 0 unspecified atom stereocenters. The molecule has 1 aliphatic carbocycles. The predicted molar refractivity (Wildman–Crippen MR) is 74.2 cm³/mol. The van der Waals surface area contributed by atoms with Crippen molar-refractivity contribution >= 4 is 15.7 Å². The van der Waals surface area contributed by atoms with Gasteiger partial charge in [-0.05, 0) is 37.0 Å². The number of nitrogens with zero attached hydrogens (tertiary/aromatic N) is 1. The molecule has 0 heterocycles. The van der Waals surface area contributed by atoms with Crippen LogP contribution >= 0.6 is 0 Å². The van der Waals surface area contributed by atoms with Crippen molar-refractivity contribution in [3.05, 3.63) is 24.0 Å². The van der Waals surface area contributed by atoms with Crippen molar-refractivity contribution in [1.82, 2.24) is 4.31 Å². The predicted octanol–water partition coefficient (Wildman–Crippen LogP) is 1.45. The van der Waals surface area contributed by atoms with Gasteiger partial charge in [0.25, 0.3) is 0 Å². The Morgan fingerprint density at radius 2 is 2.15 bits per heavy atom. The first-order valence-electron chi connectivity index (χ1n) is 6.50. The first-order chi connectivity index (χ1) is 9.41. The topological polar surface area (TPSA) is 72.6 Å². The molecule has 0 bridgehead atoms. The summed E-state index contributed by atoms with van der Waals surface area (Å²) in [7, 11) is -2.26. The summed E-state index contributed by atoms with van der Waals surface area (Å²) in [4.78, 5) is -0.103. The number of rotatable bonds is 7. The molecule has 0 amide bonds. The van der Waals surface area contributed by atoms with Crippen LogP contribution in [0.15, 0.2) is 23.1 Å². The van der Waals surface area contributed by atoms with E-state index >= 15 is 0 Å². The smallest absolute Gasteiger partial charge is 0.243 e. The van der Waals surface area contributed by atoms with E-state index in [9.17, 15) is 12.8 Å². The highest BCUT2D eigenvalue weighted by Gasteiger charge is 2.23. The Bertz CT molecular complexity index is 573. The second kappa shape index (κ2) is 6.07. The van der Waals surface area contributed by atoms with Crippen LogP contribution in [0.5, 0.6) is 0 Å². The summed E-state index contributed by atoms with van der Waals surface area (Å²) in [6, 6.07) is 3.49. The Labute approximate surface area is 118 Å². The van der Waals surface area contributed by atoms with Crippen LogP contribution in [0.3, 0.4) is 0 Å². The average molecular weight is 302 g/mol. The van der Waals surface area contributed by atoms with Gasteiger partial charge in [-0.15, -0.1) is 0 Å². The largest absolute Gasteiger partial charge is 0.396 e. The number of likely N-dealkylation sites (N-methyl/N-ethyl adjacent to an activating group) is 1. The van der Waals surface area contributed by atoms with Gasteiger partial charge in [-0.3, -0.25) is 0 Å². The van der Waals surface area contributed by atoms with Gasteiger partial charge in [0.05, 0.1) is 17.2 Å². The van der Waals surface area contributed by atoms with Gasteiger partial charge in [0.15, 0.2) is 0 Å². The van der Waals surface area contributed by atoms with Crippen LogP contribution in [-0.2, 0) is 14.8 Å². The molecule has 1 aromatic rings. The second-order valence-corrected chi connectivity index (χ2v) is 7.07. The van der Waals surface area contributed by atoms with Crippen LogP contribution in [0, 0.1) is 11.7 Å². The van der Waals surface area contributed by atoms with Gasteiger partial charge < -0.3 is 10.5 Å². The highest BCUT2D eigenvalue weighted by Crippen LogP contribution is 2.28. The molecule has 2 rings (SSSR count). The molecule has 5 nitrogen and oxygen atoms in total. The fraction of sp³-hybridized carbons (Fsp3) is 0.538. The van der Waals surface area contributed by atoms with E-state index in [0.717, 1.165) is 10.4 Å². The zero-order chi connectivity index (χ0) is 14.8. The number of halogens is 1. The van der Waals surface area contributed by atoms with E-state index in [-0.39, 0.29) is 17.1 Å². The molecular formula is C13H19FN2O3S. The minimum absolute atomic E-state index is 0.0700. The third-order valence-corrected chi connectivity index (χ3v) is 5.13. The summed E-state index contributed by atoms with van der Waals surface area (Å²) in [5.41, 5.74) is 5.27. The molecule has 1 aliphatic rings. The molecule has 0 aromatic heterocycles. The van der Waals surface area contributed by atoms with Gasteiger partial charge in [-0.25, -0.2) is 12.8 Å². The normalized spacial score (nSPS) is 15.8. The Morgan fingerprint density at radius 1 is 1.45 bits per heavy atom. The molecule has 0 radical (unpaired) electrons. The molecule has 1 fully saturated rings. The van der Waals surface area contributed by atoms with Crippen molar-refractivity contribution in [2.75, 3.05) is 32.5 Å². The zero-order valence-corrected chi connectivity index (χ0v) is 12.2. The number of nitrogens with two attached hydrogens (primary N) is 1. The molecule has 20 heavy (non-hydrogen) atoms. The highest BCUT2D eigenvalue weighted by atomic mass is 32.2. The van der Waals surface area contributed by atoms with E-state index in [2.05, 4.69) is 0 Å². The third-order valence-electron chi connectivity index (χ3n) is 3.28. The Kier molecular flexibility index (Phi) is 4.62. The van der Waals surface area contributed by atoms with Crippen LogP contribution in [0.4, 0.5) is 10.1 Å². The molecule has 0 atom stereocenters. The van der Waals surface area contributed by atoms with Gasteiger partial charge in [-0.1, -0.05) is 0 Å². The summed E-state index contributed by atoms with van der Waals surface area (Å²) in [5.74, 6) is -0.0902. The summed E-state index contributed by atoms with van der Waals surface area (Å²) in [5, 5.41) is 0. The number of sulfonamides is 1. The minimum atomic E-state index is -3.71. The SMILES string of the molecule is CN(CCOCC1CC1)S(=O)(=O)c1ccc(N)c(F)c1. The van der Waals surface area contributed by atoms with E-state index < -0.39 is 15.8 Å². The van der Waals surface area contributed by atoms with E-state index in [1.54, 1.807) is 0 Å². The van der Waals surface area contributed by atoms with Crippen molar-refractivity contribution in [2.24, 2.45) is 5.92 Å². The third kappa shape index (κ3) is 3.68. The van der Waals surface area contributed by atoms with Crippen molar-refractivity contribution in [1.29, 1.82) is 0 Å². The fourth-order valence-corrected chi connectivity index (χ4v) is 2.86. The molecule has 1 aromatic carbocycles. The Morgan fingerprint density at radius 3 is 2.75 bits per heavy atom. The fourth-order valence-electron chi connectivity index (χ4n) is 1.70. The molecule has 0 spiro atoms. The number of hydrogen-bond acceptors (Lipinski definition) is 4. The Balaban J connectivity index is 1.94. The Hall–Kier alpha value is -1.18. The second-order valence-electron chi connectivity index (χ2n) is 5.03. The van der Waals surface area contributed by atoms with Crippen LogP contribution in [0.2, 0.25) is 0 Å². The molecule has 112 valence electrons. The van der Waals surface area contributed by atoms with Crippen molar-refractivity contribution in [3.63, 3.8) is 0 Å². The lowest BCUT2D eigenvalue weighted by Gasteiger charge is -2.17. The summed E-state index contributed by atoms with van der Waals surface area (Å²) >= 11 is 0. The van der Waals surface area contributed by atoms with Gasteiger partial charge in [-0.2, -0.15) is 4.31 Å². The summed E-state index contributed by atoms with van der Waals surface area (Å²) in [6.45, 7) is 1.26. The maximum absolute atomic E-state index is 13.3. The summed E-state index contributed by atoms with van der Waals surface area (Å²) < 4.78 is 44.3. The lowest BCUT2D eigenvalue weighted by atomic mass is 10.3. The number of nitrogen functional groups attached to an aromatic ring is 1. The number of anilines is 1. The van der Waals surface area contributed by atoms with Crippen LogP contribution < -0.4 is 5.73 Å². The van der Waals surface area contributed by atoms with Crippen molar-refractivity contribution < 1.29 is 17.5 Å². The van der Waals surface area contributed by atoms with E-state index in [1.807, 2.05) is 0 Å². The van der Waals surface area contributed by atoms with Gasteiger partial charge in [0.2, 0.25) is 10.0 Å². The van der Waals surface area contributed by atoms with E-state index in [1.165, 1.54) is 32.0 Å². The standard InChI is InChI=1S/C13H19FN2O3S/c1-16(6-7-19-9-10-2-3-10)20(17,18)11-4-5-13(15)12(14)8-11/h4-5,8,10H,2-3,6-7,9,15H2,1H3. The molecule has 0 aliphatic heterocycles. The van der Waals surface area contributed by atoms with Crippen molar-refractivity contribution in [2.45, 2.75) is 17.7 Å². The van der Waals surface area contributed by atoms with Crippen LogP contribution in [0.25, 0.3) is 0 Å². The average Bonchev–Trinajstić information content (AvgIpc) is 3.21. The summed E-state index contributed by atoms with van der Waals surface area (Å²) in [6.07, 6.45) is 2.39. The van der Waals surface area contributed by atoms with Gasteiger partial charge in [0.1, 0.15) is 5.82 Å².